The summed E-state index contributed by atoms with van der Waals surface area (Å²) in [6.45, 7) is 1.79. The van der Waals surface area contributed by atoms with Gasteiger partial charge in [0.25, 0.3) is 0 Å². The van der Waals surface area contributed by atoms with E-state index in [2.05, 4.69) is 11.8 Å². The molecule has 2 nitrogen and oxygen atoms in total. The number of esters is 1. The zero-order valence-corrected chi connectivity index (χ0v) is 8.42. The van der Waals surface area contributed by atoms with Crippen LogP contribution in [-0.4, -0.2) is 12.6 Å². The Hall–Kier alpha value is -1.82. The van der Waals surface area contributed by atoms with E-state index in [0.717, 1.165) is 0 Å². The quantitative estimate of drug-likeness (QED) is 0.547. The molecular formula is C12H11FO2. The minimum atomic E-state index is -0.294. The number of halogens is 1. The van der Waals surface area contributed by atoms with Crippen molar-refractivity contribution in [1.82, 2.24) is 0 Å². The van der Waals surface area contributed by atoms with Gasteiger partial charge in [0, 0.05) is 12.0 Å². The molecule has 1 aromatic rings. The van der Waals surface area contributed by atoms with Crippen LogP contribution in [0, 0.1) is 17.7 Å². The lowest BCUT2D eigenvalue weighted by atomic mass is 10.2. The lowest BCUT2D eigenvalue weighted by Gasteiger charge is -1.94. The molecule has 0 aliphatic rings. The maximum Gasteiger partial charge on any atom is 0.306 e. The molecule has 1 aromatic carbocycles. The molecule has 0 aromatic heterocycles. The third-order valence-corrected chi connectivity index (χ3v) is 1.67. The molecule has 0 amide bonds. The summed E-state index contributed by atoms with van der Waals surface area (Å²) in [5.41, 5.74) is 0.698. The second-order valence-electron chi connectivity index (χ2n) is 2.82. The van der Waals surface area contributed by atoms with Crippen LogP contribution in [0.3, 0.4) is 0 Å². The third-order valence-electron chi connectivity index (χ3n) is 1.67. The van der Waals surface area contributed by atoms with Crippen LogP contribution in [0.4, 0.5) is 4.39 Å². The van der Waals surface area contributed by atoms with E-state index in [0.29, 0.717) is 12.0 Å². The molecule has 78 valence electrons. The average Bonchev–Trinajstić information content (AvgIpc) is 2.26. The molecule has 0 aliphatic carbocycles. The van der Waals surface area contributed by atoms with Gasteiger partial charge in [0.05, 0.1) is 0 Å². The highest BCUT2D eigenvalue weighted by atomic mass is 19.1. The second-order valence-corrected chi connectivity index (χ2v) is 2.82. The predicted molar refractivity (Wildman–Crippen MR) is 54.5 cm³/mol. The van der Waals surface area contributed by atoms with Crippen molar-refractivity contribution in [3.63, 3.8) is 0 Å². The standard InChI is InChI=1S/C12H11FO2/c1-2-12(14)15-9-3-4-10-5-7-11(13)8-6-10/h5-8H,2,9H2,1H3. The van der Waals surface area contributed by atoms with Crippen LogP contribution in [0.5, 0.6) is 0 Å². The van der Waals surface area contributed by atoms with E-state index >= 15 is 0 Å². The minimum Gasteiger partial charge on any atom is -0.452 e. The molecule has 3 heteroatoms. The normalized spacial score (nSPS) is 8.93. The second kappa shape index (κ2) is 5.82. The maximum atomic E-state index is 12.5. The van der Waals surface area contributed by atoms with E-state index in [1.165, 1.54) is 12.1 Å². The zero-order chi connectivity index (χ0) is 11.1. The molecular weight excluding hydrogens is 195 g/mol. The number of carbonyl (C=O) groups excluding carboxylic acids is 1. The van der Waals surface area contributed by atoms with Gasteiger partial charge in [0.15, 0.2) is 6.61 Å². The zero-order valence-electron chi connectivity index (χ0n) is 8.42. The van der Waals surface area contributed by atoms with Crippen LogP contribution < -0.4 is 0 Å². The highest BCUT2D eigenvalue weighted by Crippen LogP contribution is 2.00. The van der Waals surface area contributed by atoms with E-state index in [1.807, 2.05) is 0 Å². The number of hydrogen-bond donors (Lipinski definition) is 0. The molecule has 0 radical (unpaired) electrons. The van der Waals surface area contributed by atoms with Crippen LogP contribution in [0.1, 0.15) is 18.9 Å². The van der Waals surface area contributed by atoms with Gasteiger partial charge in [-0.1, -0.05) is 18.8 Å². The van der Waals surface area contributed by atoms with Crippen LogP contribution in [0.2, 0.25) is 0 Å². The van der Waals surface area contributed by atoms with E-state index in [-0.39, 0.29) is 18.4 Å². The van der Waals surface area contributed by atoms with Crippen LogP contribution in [-0.2, 0) is 9.53 Å². The van der Waals surface area contributed by atoms with Crippen LogP contribution in [0.15, 0.2) is 24.3 Å². The molecule has 0 N–H and O–H groups in total. The lowest BCUT2D eigenvalue weighted by Crippen LogP contribution is -2.01. The molecule has 0 spiro atoms. The number of hydrogen-bond acceptors (Lipinski definition) is 2. The van der Waals surface area contributed by atoms with Crippen molar-refractivity contribution in [2.75, 3.05) is 6.61 Å². The van der Waals surface area contributed by atoms with Crippen LogP contribution in [0.25, 0.3) is 0 Å². The van der Waals surface area contributed by atoms with Gasteiger partial charge in [-0.05, 0) is 24.3 Å². The molecule has 0 fully saturated rings. The third kappa shape index (κ3) is 4.28. The number of rotatable bonds is 2. The van der Waals surface area contributed by atoms with E-state index in [9.17, 15) is 9.18 Å². The maximum absolute atomic E-state index is 12.5. The van der Waals surface area contributed by atoms with Crippen molar-refractivity contribution in [2.45, 2.75) is 13.3 Å². The fourth-order valence-electron chi connectivity index (χ4n) is 0.890. The lowest BCUT2D eigenvalue weighted by molar-refractivity contribution is -0.141. The smallest absolute Gasteiger partial charge is 0.306 e. The van der Waals surface area contributed by atoms with Gasteiger partial charge in [-0.15, -0.1) is 0 Å². The van der Waals surface area contributed by atoms with Crippen molar-refractivity contribution < 1.29 is 13.9 Å². The number of carbonyl (C=O) groups is 1. The monoisotopic (exact) mass is 206 g/mol. The molecule has 1 rings (SSSR count). The predicted octanol–water partition coefficient (Wildman–Crippen LogP) is 2.13. The van der Waals surface area contributed by atoms with Gasteiger partial charge in [-0.3, -0.25) is 4.79 Å². The summed E-state index contributed by atoms with van der Waals surface area (Å²) < 4.78 is 17.3. The summed E-state index contributed by atoms with van der Waals surface area (Å²) >= 11 is 0. The molecule has 0 unspecified atom stereocenters. The Bertz CT molecular complexity index is 384. The van der Waals surface area contributed by atoms with Gasteiger partial charge in [0.2, 0.25) is 0 Å². The van der Waals surface area contributed by atoms with Gasteiger partial charge in [0.1, 0.15) is 5.82 Å². The Morgan fingerprint density at radius 1 is 1.40 bits per heavy atom. The molecule has 0 saturated heterocycles. The molecule has 0 saturated carbocycles. The average molecular weight is 206 g/mol. The van der Waals surface area contributed by atoms with Crippen molar-refractivity contribution >= 4 is 5.97 Å². The topological polar surface area (TPSA) is 26.3 Å². The van der Waals surface area contributed by atoms with Gasteiger partial charge in [-0.2, -0.15) is 0 Å². The van der Waals surface area contributed by atoms with E-state index < -0.39 is 0 Å². The Kier molecular flexibility index (Phi) is 4.36. The summed E-state index contributed by atoms with van der Waals surface area (Å²) in [7, 11) is 0. The minimum absolute atomic E-state index is 0.0735. The van der Waals surface area contributed by atoms with Gasteiger partial charge in [-0.25, -0.2) is 4.39 Å². The number of ether oxygens (including phenoxy) is 1. The summed E-state index contributed by atoms with van der Waals surface area (Å²) in [5, 5.41) is 0. The summed E-state index contributed by atoms with van der Waals surface area (Å²) in [4.78, 5) is 10.7. The summed E-state index contributed by atoms with van der Waals surface area (Å²) in [6.07, 6.45) is 0.345. The number of benzene rings is 1. The molecule has 0 atom stereocenters. The first-order valence-electron chi connectivity index (χ1n) is 4.62. The van der Waals surface area contributed by atoms with Crippen molar-refractivity contribution in [1.29, 1.82) is 0 Å². The Morgan fingerprint density at radius 3 is 2.67 bits per heavy atom. The van der Waals surface area contributed by atoms with Crippen LogP contribution >= 0.6 is 0 Å². The van der Waals surface area contributed by atoms with E-state index in [1.54, 1.807) is 19.1 Å². The summed E-state index contributed by atoms with van der Waals surface area (Å²) in [5.74, 6) is 4.86. The van der Waals surface area contributed by atoms with Gasteiger partial charge < -0.3 is 4.74 Å². The Balaban J connectivity index is 2.44. The first-order valence-corrected chi connectivity index (χ1v) is 4.62. The van der Waals surface area contributed by atoms with Crippen molar-refractivity contribution in [3.05, 3.63) is 35.6 Å². The fraction of sp³-hybridized carbons (Fsp3) is 0.250. The molecule has 15 heavy (non-hydrogen) atoms. The Labute approximate surface area is 88.1 Å². The fourth-order valence-corrected chi connectivity index (χ4v) is 0.890. The van der Waals surface area contributed by atoms with Gasteiger partial charge >= 0.3 is 5.97 Å². The molecule has 0 aliphatic heterocycles. The SMILES string of the molecule is CCC(=O)OCC#Cc1ccc(F)cc1. The summed E-state index contributed by atoms with van der Waals surface area (Å²) in [6, 6.07) is 5.82. The van der Waals surface area contributed by atoms with Crippen molar-refractivity contribution in [3.8, 4) is 11.8 Å². The van der Waals surface area contributed by atoms with Crippen molar-refractivity contribution in [2.24, 2.45) is 0 Å². The first kappa shape index (κ1) is 11.3. The molecule has 0 heterocycles. The van der Waals surface area contributed by atoms with E-state index in [4.69, 9.17) is 4.74 Å². The highest BCUT2D eigenvalue weighted by Gasteiger charge is 1.93. The highest BCUT2D eigenvalue weighted by molar-refractivity contribution is 5.69. The Morgan fingerprint density at radius 2 is 2.07 bits per heavy atom. The first-order chi connectivity index (χ1) is 7.22. The largest absolute Gasteiger partial charge is 0.452 e. The molecule has 0 bridgehead atoms.